The van der Waals surface area contributed by atoms with E-state index in [1.54, 1.807) is 18.2 Å². The Morgan fingerprint density at radius 1 is 1.07 bits per heavy atom. The summed E-state index contributed by atoms with van der Waals surface area (Å²) in [7, 11) is 0. The minimum absolute atomic E-state index is 0. The predicted octanol–water partition coefficient (Wildman–Crippen LogP) is 0.197. The second-order valence-corrected chi connectivity index (χ2v) is 3.10. The van der Waals surface area contributed by atoms with E-state index < -0.39 is 17.4 Å². The summed E-state index contributed by atoms with van der Waals surface area (Å²) in [5.74, 6) is -2.73. The first-order valence-electron chi connectivity index (χ1n) is 4.02. The van der Waals surface area contributed by atoms with Gasteiger partial charge in [0, 0.05) is 0 Å². The molecular formula is C10H12CaO4. The van der Waals surface area contributed by atoms with Crippen LogP contribution in [0.5, 0.6) is 0 Å². The second-order valence-electron chi connectivity index (χ2n) is 3.10. The Labute approximate surface area is 117 Å². The van der Waals surface area contributed by atoms with Crippen LogP contribution in [0.3, 0.4) is 0 Å². The molecule has 0 heterocycles. The molecule has 4 nitrogen and oxygen atoms in total. The quantitative estimate of drug-likeness (QED) is 0.580. The summed E-state index contributed by atoms with van der Waals surface area (Å²) < 4.78 is 0. The van der Waals surface area contributed by atoms with Gasteiger partial charge < -0.3 is 10.2 Å². The Morgan fingerprint density at radius 2 is 1.47 bits per heavy atom. The van der Waals surface area contributed by atoms with Gasteiger partial charge >= 0.3 is 49.7 Å². The molecule has 0 atom stereocenters. The maximum absolute atomic E-state index is 10.9. The van der Waals surface area contributed by atoms with Crippen LogP contribution in [-0.2, 0) is 15.0 Å². The molecule has 0 amide bonds. The van der Waals surface area contributed by atoms with Gasteiger partial charge in [0.15, 0.2) is 5.41 Å². The normalized spacial score (nSPS) is 10.2. The van der Waals surface area contributed by atoms with Crippen LogP contribution in [0.1, 0.15) is 12.5 Å². The number of carbonyl (C=O) groups is 2. The predicted molar refractivity (Wildman–Crippen MR) is 57.6 cm³/mol. The van der Waals surface area contributed by atoms with E-state index in [2.05, 4.69) is 0 Å². The van der Waals surface area contributed by atoms with Crippen LogP contribution in [0, 0.1) is 0 Å². The van der Waals surface area contributed by atoms with Crippen LogP contribution < -0.4 is 0 Å². The molecule has 78 valence electrons. The zero-order valence-corrected chi connectivity index (χ0v) is 7.60. The molecule has 0 spiro atoms. The van der Waals surface area contributed by atoms with Crippen molar-refractivity contribution in [2.75, 3.05) is 0 Å². The molecule has 0 aromatic heterocycles. The summed E-state index contributed by atoms with van der Waals surface area (Å²) in [5, 5.41) is 17.8. The summed E-state index contributed by atoms with van der Waals surface area (Å²) in [6.45, 7) is 1.17. The maximum atomic E-state index is 10.9. The molecule has 1 aromatic rings. The monoisotopic (exact) mass is 236 g/mol. The number of hydrogen-bond acceptors (Lipinski definition) is 2. The van der Waals surface area contributed by atoms with Gasteiger partial charge in [0.05, 0.1) is 0 Å². The van der Waals surface area contributed by atoms with Crippen molar-refractivity contribution in [3.63, 3.8) is 0 Å². The van der Waals surface area contributed by atoms with E-state index in [-0.39, 0.29) is 43.3 Å². The molecule has 0 saturated carbocycles. The van der Waals surface area contributed by atoms with Crippen molar-refractivity contribution in [2.45, 2.75) is 12.3 Å². The van der Waals surface area contributed by atoms with Crippen LogP contribution in [0.4, 0.5) is 0 Å². The number of carboxylic acid groups (broad SMARTS) is 2. The Balaban J connectivity index is 0.00000196. The fraction of sp³-hybridized carbons (Fsp3) is 0.200. The van der Waals surface area contributed by atoms with Gasteiger partial charge in [-0.2, -0.15) is 0 Å². The van der Waals surface area contributed by atoms with E-state index in [0.717, 1.165) is 0 Å². The van der Waals surface area contributed by atoms with Gasteiger partial charge in [-0.05, 0) is 12.5 Å². The molecule has 0 radical (unpaired) electrons. The Kier molecular flexibility index (Phi) is 5.28. The topological polar surface area (TPSA) is 74.6 Å². The summed E-state index contributed by atoms with van der Waals surface area (Å²) in [6, 6.07) is 7.90. The van der Waals surface area contributed by atoms with Crippen LogP contribution in [-0.4, -0.2) is 59.9 Å². The number of aliphatic carboxylic acids is 2. The molecule has 0 fully saturated rings. The molecule has 2 N–H and O–H groups in total. The fourth-order valence-electron chi connectivity index (χ4n) is 1.11. The van der Waals surface area contributed by atoms with Gasteiger partial charge in [0.1, 0.15) is 0 Å². The van der Waals surface area contributed by atoms with E-state index in [9.17, 15) is 9.59 Å². The second kappa shape index (κ2) is 5.49. The molecule has 1 rings (SSSR count). The molecule has 0 bridgehead atoms. The third-order valence-corrected chi connectivity index (χ3v) is 2.21. The van der Waals surface area contributed by atoms with E-state index in [1.165, 1.54) is 19.1 Å². The van der Waals surface area contributed by atoms with Gasteiger partial charge in [-0.25, -0.2) is 0 Å². The zero-order chi connectivity index (χ0) is 10.8. The summed E-state index contributed by atoms with van der Waals surface area (Å²) in [6.07, 6.45) is 0. The number of benzene rings is 1. The molecular weight excluding hydrogens is 224 g/mol. The van der Waals surface area contributed by atoms with Crippen LogP contribution in [0.2, 0.25) is 0 Å². The number of hydrogen-bond donors (Lipinski definition) is 2. The van der Waals surface area contributed by atoms with Crippen LogP contribution in [0.15, 0.2) is 30.3 Å². The molecule has 0 aliphatic carbocycles. The summed E-state index contributed by atoms with van der Waals surface area (Å²) in [5.41, 5.74) is -1.61. The first kappa shape index (κ1) is 14.4. The Hall–Kier alpha value is -0.580. The summed E-state index contributed by atoms with van der Waals surface area (Å²) >= 11 is 0. The van der Waals surface area contributed by atoms with Crippen LogP contribution >= 0.6 is 0 Å². The number of rotatable bonds is 3. The first-order valence-corrected chi connectivity index (χ1v) is 4.02. The van der Waals surface area contributed by atoms with Crippen molar-refractivity contribution >= 4 is 49.7 Å². The van der Waals surface area contributed by atoms with E-state index in [4.69, 9.17) is 10.2 Å². The third kappa shape index (κ3) is 2.71. The summed E-state index contributed by atoms with van der Waals surface area (Å²) in [4.78, 5) is 21.8. The van der Waals surface area contributed by atoms with Crippen LogP contribution in [0.25, 0.3) is 0 Å². The van der Waals surface area contributed by atoms with E-state index >= 15 is 0 Å². The van der Waals surface area contributed by atoms with Crippen molar-refractivity contribution in [3.05, 3.63) is 35.9 Å². The zero-order valence-electron chi connectivity index (χ0n) is 7.60. The Bertz CT molecular complexity index is 347. The van der Waals surface area contributed by atoms with Crippen molar-refractivity contribution in [1.29, 1.82) is 0 Å². The fourth-order valence-corrected chi connectivity index (χ4v) is 1.11. The van der Waals surface area contributed by atoms with Crippen molar-refractivity contribution in [2.24, 2.45) is 0 Å². The van der Waals surface area contributed by atoms with Gasteiger partial charge in [0.25, 0.3) is 0 Å². The SMILES string of the molecule is CC(C(=O)O)(C(=O)O)c1ccccc1.[CaH2]. The first-order chi connectivity index (χ1) is 6.49. The van der Waals surface area contributed by atoms with E-state index in [0.29, 0.717) is 0 Å². The molecule has 0 aliphatic rings. The van der Waals surface area contributed by atoms with E-state index in [1.807, 2.05) is 0 Å². The molecule has 5 heteroatoms. The Morgan fingerprint density at radius 3 is 1.80 bits per heavy atom. The van der Waals surface area contributed by atoms with Gasteiger partial charge in [-0.3, -0.25) is 9.59 Å². The average molecular weight is 236 g/mol. The molecule has 0 saturated heterocycles. The van der Waals surface area contributed by atoms with Crippen molar-refractivity contribution < 1.29 is 19.8 Å². The van der Waals surface area contributed by atoms with Gasteiger partial charge in [-0.1, -0.05) is 30.3 Å². The van der Waals surface area contributed by atoms with Gasteiger partial charge in [-0.15, -0.1) is 0 Å². The van der Waals surface area contributed by atoms with Crippen molar-refractivity contribution in [1.82, 2.24) is 0 Å². The van der Waals surface area contributed by atoms with Gasteiger partial charge in [0.2, 0.25) is 0 Å². The molecule has 0 unspecified atom stereocenters. The molecule has 1 aromatic carbocycles. The number of carboxylic acids is 2. The third-order valence-electron chi connectivity index (χ3n) is 2.21. The molecule has 0 aliphatic heterocycles. The minimum atomic E-state index is -1.87. The van der Waals surface area contributed by atoms with Crippen molar-refractivity contribution in [3.8, 4) is 0 Å². The molecule has 15 heavy (non-hydrogen) atoms. The standard InChI is InChI=1S/C10H10O4.Ca.2H/c1-10(8(11)12,9(13)14)7-5-3-2-4-6-7;;;/h2-6H,1H3,(H,11,12)(H,13,14);;;. The average Bonchev–Trinajstić information content (AvgIpc) is 2.17.